The van der Waals surface area contributed by atoms with Gasteiger partial charge in [-0.1, -0.05) is 218 Å². The highest BCUT2D eigenvalue weighted by Gasteiger charge is 2.05. The van der Waals surface area contributed by atoms with Gasteiger partial charge in [0.05, 0.1) is 5.71 Å². The Labute approximate surface area is 329 Å². The number of rotatable bonds is 15. The van der Waals surface area contributed by atoms with Gasteiger partial charge in [0.15, 0.2) is 0 Å². The maximum absolute atomic E-state index is 7.97. The summed E-state index contributed by atoms with van der Waals surface area (Å²) in [6.45, 7) is 6.10. The van der Waals surface area contributed by atoms with Crippen LogP contribution in [0, 0.1) is 12.3 Å². The first-order chi connectivity index (χ1) is 27.0. The van der Waals surface area contributed by atoms with Crippen LogP contribution in [0.5, 0.6) is 0 Å². The Bertz CT molecular complexity index is 2100. The highest BCUT2D eigenvalue weighted by Crippen LogP contribution is 2.25. The lowest BCUT2D eigenvalue weighted by atomic mass is 9.98. The zero-order valence-electron chi connectivity index (χ0n) is 32.2. The normalized spacial score (nSPS) is 13.3. The Morgan fingerprint density at radius 2 is 0.964 bits per heavy atom. The molecule has 0 amide bonds. The van der Waals surface area contributed by atoms with Crippen LogP contribution < -0.4 is 11.5 Å². The lowest BCUT2D eigenvalue weighted by molar-refractivity contribution is 1.45. The van der Waals surface area contributed by atoms with Crippen LogP contribution >= 0.6 is 0 Å². The minimum absolute atomic E-state index is 0.575. The van der Waals surface area contributed by atoms with Crippen molar-refractivity contribution < 1.29 is 0 Å². The second kappa shape index (κ2) is 25.9. The van der Waals surface area contributed by atoms with Crippen molar-refractivity contribution in [2.75, 3.05) is 0 Å². The zero-order chi connectivity index (χ0) is 39.4. The molecule has 0 spiro atoms. The number of benzene rings is 4. The van der Waals surface area contributed by atoms with E-state index in [0.717, 1.165) is 33.4 Å². The molecule has 0 aromatic heterocycles. The summed E-state index contributed by atoms with van der Waals surface area (Å²) in [4.78, 5) is 0. The molecular weight excluding hydrogens is 667 g/mol. The van der Waals surface area contributed by atoms with Gasteiger partial charge < -0.3 is 11.5 Å². The van der Waals surface area contributed by atoms with Crippen molar-refractivity contribution in [1.29, 1.82) is 5.41 Å². The van der Waals surface area contributed by atoms with Crippen LogP contribution in [-0.2, 0) is 0 Å². The Morgan fingerprint density at radius 1 is 0.491 bits per heavy atom. The molecule has 0 atom stereocenters. The van der Waals surface area contributed by atoms with Crippen LogP contribution in [0.15, 0.2) is 248 Å². The molecule has 5 N–H and O–H groups in total. The monoisotopic (exact) mass is 719 g/mol. The van der Waals surface area contributed by atoms with Gasteiger partial charge in [-0.15, -0.1) is 0 Å². The second-order valence-electron chi connectivity index (χ2n) is 12.1. The highest BCUT2D eigenvalue weighted by molar-refractivity contribution is 6.10. The second-order valence-corrected chi connectivity index (χ2v) is 12.1. The average molecular weight is 720 g/mol. The molecule has 4 aromatic carbocycles. The molecule has 0 aliphatic carbocycles. The summed E-state index contributed by atoms with van der Waals surface area (Å²) in [5.41, 5.74) is 21.8. The molecule has 0 saturated heterocycles. The molecule has 3 nitrogen and oxygen atoms in total. The first-order valence-electron chi connectivity index (χ1n) is 18.4. The van der Waals surface area contributed by atoms with E-state index in [0.29, 0.717) is 11.4 Å². The molecule has 0 fully saturated rings. The van der Waals surface area contributed by atoms with E-state index in [1.807, 2.05) is 172 Å². The first kappa shape index (κ1) is 42.4. The van der Waals surface area contributed by atoms with E-state index in [9.17, 15) is 0 Å². The van der Waals surface area contributed by atoms with Crippen LogP contribution in [-0.4, -0.2) is 5.71 Å². The molecule has 4 aromatic rings. The van der Waals surface area contributed by atoms with Gasteiger partial charge in [0.25, 0.3) is 0 Å². The molecule has 0 heterocycles. The van der Waals surface area contributed by atoms with E-state index in [4.69, 9.17) is 16.9 Å². The summed E-state index contributed by atoms with van der Waals surface area (Å²) in [6.07, 6.45) is 41.4. The summed E-state index contributed by atoms with van der Waals surface area (Å²) in [5.74, 6) is 0. The Hall–Kier alpha value is -6.97. The van der Waals surface area contributed by atoms with E-state index < -0.39 is 0 Å². The number of hydrogen-bond donors (Lipinski definition) is 3. The summed E-state index contributed by atoms with van der Waals surface area (Å²) < 4.78 is 0. The molecule has 0 radical (unpaired) electrons. The Balaban J connectivity index is 0.000000480. The third-order valence-electron chi connectivity index (χ3n) is 7.86. The van der Waals surface area contributed by atoms with Crippen LogP contribution in [0.4, 0.5) is 0 Å². The van der Waals surface area contributed by atoms with Crippen molar-refractivity contribution in [2.45, 2.75) is 20.8 Å². The fourth-order valence-electron chi connectivity index (χ4n) is 5.08. The van der Waals surface area contributed by atoms with Crippen LogP contribution in [0.3, 0.4) is 0 Å². The zero-order valence-corrected chi connectivity index (χ0v) is 32.2. The Kier molecular flexibility index (Phi) is 20.0. The lowest BCUT2D eigenvalue weighted by Crippen LogP contribution is -1.99. The maximum atomic E-state index is 7.97. The minimum atomic E-state index is 0.575. The largest absolute Gasteiger partial charge is 0.405 e. The smallest absolute Gasteiger partial charge is 0.0684 e. The predicted octanol–water partition coefficient (Wildman–Crippen LogP) is 12.9. The van der Waals surface area contributed by atoms with Gasteiger partial charge >= 0.3 is 0 Å². The van der Waals surface area contributed by atoms with E-state index >= 15 is 0 Å². The van der Waals surface area contributed by atoms with Crippen molar-refractivity contribution in [1.82, 2.24) is 0 Å². The fourth-order valence-corrected chi connectivity index (χ4v) is 5.08. The van der Waals surface area contributed by atoms with Gasteiger partial charge in [-0.05, 0) is 84.2 Å². The molecular formula is C52H53N3. The van der Waals surface area contributed by atoms with E-state index in [1.165, 1.54) is 17.3 Å². The third kappa shape index (κ3) is 16.5. The molecule has 0 aliphatic heterocycles. The topological polar surface area (TPSA) is 75.9 Å². The molecule has 276 valence electrons. The van der Waals surface area contributed by atoms with Crippen LogP contribution in [0.25, 0.3) is 16.8 Å². The van der Waals surface area contributed by atoms with Gasteiger partial charge in [-0.3, -0.25) is 5.41 Å². The van der Waals surface area contributed by atoms with Gasteiger partial charge in [-0.2, -0.15) is 0 Å². The number of nitrogens with one attached hydrogen (secondary N) is 1. The summed E-state index contributed by atoms with van der Waals surface area (Å²) in [6, 6.07) is 36.4. The van der Waals surface area contributed by atoms with Crippen molar-refractivity contribution in [3.8, 4) is 11.1 Å². The maximum Gasteiger partial charge on any atom is 0.0684 e. The first-order valence-corrected chi connectivity index (χ1v) is 18.4. The Morgan fingerprint density at radius 3 is 1.55 bits per heavy atom. The van der Waals surface area contributed by atoms with Gasteiger partial charge in [0.2, 0.25) is 0 Å². The average Bonchev–Trinajstić information content (AvgIpc) is 3.22. The summed E-state index contributed by atoms with van der Waals surface area (Å²) in [7, 11) is 0. The SMILES string of the molecule is C/C=C\C=C/C=C(\C=C\C=C\C=C/C=C\N)C(/C=C(\N)c1cccc(-c2cccc(C)c2)c1)=C/C=C\C=C/C=C/C.N=C(c1ccccc1)c1ccccc1. The summed E-state index contributed by atoms with van der Waals surface area (Å²) >= 11 is 0. The third-order valence-corrected chi connectivity index (χ3v) is 7.86. The molecule has 0 saturated carbocycles. The molecule has 55 heavy (non-hydrogen) atoms. The predicted molar refractivity (Wildman–Crippen MR) is 242 cm³/mol. The fraction of sp³-hybridized carbons (Fsp3) is 0.0577. The van der Waals surface area contributed by atoms with Crippen molar-refractivity contribution in [2.24, 2.45) is 11.5 Å². The molecule has 4 rings (SSSR count). The number of hydrogen-bond acceptors (Lipinski definition) is 3. The highest BCUT2D eigenvalue weighted by atomic mass is 14.6. The number of nitrogens with two attached hydrogens (primary N) is 2. The lowest BCUT2D eigenvalue weighted by Gasteiger charge is -2.09. The molecule has 0 bridgehead atoms. The number of allylic oxidation sites excluding steroid dienone is 22. The molecule has 3 heteroatoms. The van der Waals surface area contributed by atoms with Gasteiger partial charge in [0.1, 0.15) is 0 Å². The van der Waals surface area contributed by atoms with E-state index in [-0.39, 0.29) is 0 Å². The van der Waals surface area contributed by atoms with Crippen molar-refractivity contribution >= 4 is 11.4 Å². The molecule has 0 aliphatic rings. The van der Waals surface area contributed by atoms with E-state index in [1.54, 1.807) is 6.08 Å². The minimum Gasteiger partial charge on any atom is -0.405 e. The quantitative estimate of drug-likeness (QED) is 0.0845. The van der Waals surface area contributed by atoms with Gasteiger partial charge in [0, 0.05) is 5.70 Å². The number of aryl methyl sites for hydroxylation is 1. The van der Waals surface area contributed by atoms with Crippen molar-refractivity contribution in [3.63, 3.8) is 0 Å². The van der Waals surface area contributed by atoms with E-state index in [2.05, 4.69) is 73.7 Å². The van der Waals surface area contributed by atoms with Crippen LogP contribution in [0.1, 0.15) is 36.1 Å². The molecule has 0 unspecified atom stereocenters. The summed E-state index contributed by atoms with van der Waals surface area (Å²) in [5, 5.41) is 7.97. The van der Waals surface area contributed by atoms with Crippen molar-refractivity contribution in [3.05, 3.63) is 270 Å². The van der Waals surface area contributed by atoms with Crippen LogP contribution in [0.2, 0.25) is 0 Å². The standard InChI is InChI=1S/C39H42N2.C13H11N/c1-4-6-8-10-13-18-25-37(34(23-16-9-7-5-2)24-17-14-11-12-15-19-29-40)32-39(41)38-28-21-27-36(31-38)35-26-20-22-33(3)30-35;14-13(11-7-3-1-4-8-11)12-9-5-2-6-10-12/h4-32H,40-41H2,1-3H3;1-10,14H/b6-4+,7-5-,10-8-,14-11+,15-12-,16-9-,18-13-,24-17+,29-19-,34-23+,37-25+,39-32-;. The van der Waals surface area contributed by atoms with Gasteiger partial charge in [-0.25, -0.2) is 0 Å².